The maximum absolute atomic E-state index is 5.34. The van der Waals surface area contributed by atoms with Gasteiger partial charge in [0.1, 0.15) is 5.65 Å². The molecule has 1 N–H and O–H groups in total. The van der Waals surface area contributed by atoms with E-state index in [0.717, 1.165) is 33.1 Å². The molecule has 0 aliphatic carbocycles. The predicted octanol–water partition coefficient (Wildman–Crippen LogP) is 3.82. The summed E-state index contributed by atoms with van der Waals surface area (Å²) in [5.74, 6) is 0. The third kappa shape index (κ3) is 2.07. The molecule has 22 heavy (non-hydrogen) atoms. The Morgan fingerprint density at radius 2 is 2.18 bits per heavy atom. The van der Waals surface area contributed by atoms with Crippen LogP contribution in [0.15, 0.2) is 48.9 Å². The molecule has 3 aromatic heterocycles. The molecule has 0 aliphatic heterocycles. The number of benzene rings is 1. The number of H-pyrrole nitrogens is 1. The second kappa shape index (κ2) is 5.11. The van der Waals surface area contributed by atoms with E-state index in [0.29, 0.717) is 12.6 Å². The summed E-state index contributed by atoms with van der Waals surface area (Å²) in [5, 5.41) is 2.09. The number of ether oxygens (including phenoxy) is 1. The molecule has 0 aliphatic rings. The quantitative estimate of drug-likeness (QED) is 0.623. The van der Waals surface area contributed by atoms with Crippen LogP contribution in [0.25, 0.3) is 33.1 Å². The third-order valence-electron chi connectivity index (χ3n) is 3.60. The van der Waals surface area contributed by atoms with Gasteiger partial charge in [0, 0.05) is 36.4 Å². The average Bonchev–Trinajstić information content (AvgIpc) is 2.98. The van der Waals surface area contributed by atoms with E-state index in [1.54, 1.807) is 12.4 Å². The van der Waals surface area contributed by atoms with E-state index in [1.165, 1.54) is 0 Å². The molecule has 0 amide bonds. The normalized spacial score (nSPS) is 11.1. The van der Waals surface area contributed by atoms with Crippen LogP contribution in [0.5, 0.6) is 6.01 Å². The molecule has 3 heterocycles. The molecule has 0 saturated heterocycles. The Balaban J connectivity index is 0.00000156. The molecule has 0 unspecified atom stereocenters. The van der Waals surface area contributed by atoms with E-state index >= 15 is 0 Å². The zero-order chi connectivity index (χ0) is 14.9. The number of aromatic amines is 1. The summed E-state index contributed by atoms with van der Waals surface area (Å²) in [5.41, 5.74) is 3.95. The molecule has 0 saturated carbocycles. The molecule has 5 heteroatoms. The van der Waals surface area contributed by atoms with Gasteiger partial charge in [-0.25, -0.2) is 4.98 Å². The molecule has 0 bridgehead atoms. The number of hydrogen-bond acceptors (Lipinski definition) is 4. The van der Waals surface area contributed by atoms with Gasteiger partial charge in [0.2, 0.25) is 0 Å². The van der Waals surface area contributed by atoms with Gasteiger partial charge in [0.05, 0.1) is 12.1 Å². The van der Waals surface area contributed by atoms with Gasteiger partial charge in [-0.1, -0.05) is 12.1 Å². The number of nitrogens with zero attached hydrogens (tertiary/aromatic N) is 3. The minimum atomic E-state index is 0. The second-order valence-corrected chi connectivity index (χ2v) is 4.96. The molecular weight excluding hydrogens is 276 g/mol. The zero-order valence-corrected chi connectivity index (χ0v) is 12.1. The van der Waals surface area contributed by atoms with Crippen LogP contribution < -0.4 is 4.74 Å². The van der Waals surface area contributed by atoms with Gasteiger partial charge >= 0.3 is 6.01 Å². The van der Waals surface area contributed by atoms with E-state index in [2.05, 4.69) is 38.1 Å². The molecule has 110 valence electrons. The van der Waals surface area contributed by atoms with Crippen LogP contribution in [-0.2, 0) is 0 Å². The highest BCUT2D eigenvalue weighted by molar-refractivity contribution is 5.95. The van der Waals surface area contributed by atoms with Gasteiger partial charge in [-0.2, -0.15) is 4.98 Å². The van der Waals surface area contributed by atoms with Crippen molar-refractivity contribution in [3.8, 4) is 17.1 Å². The smallest absolute Gasteiger partial charge is 0.318 e. The molecule has 4 rings (SSSR count). The summed E-state index contributed by atoms with van der Waals surface area (Å²) >= 11 is 0. The summed E-state index contributed by atoms with van der Waals surface area (Å²) in [4.78, 5) is 16.2. The molecule has 0 radical (unpaired) electrons. The molecule has 5 nitrogen and oxygen atoms in total. The van der Waals surface area contributed by atoms with Crippen molar-refractivity contribution in [2.75, 3.05) is 6.61 Å². The van der Waals surface area contributed by atoms with Crippen LogP contribution in [0.4, 0.5) is 0 Å². The van der Waals surface area contributed by atoms with Gasteiger partial charge in [-0.05, 0) is 30.7 Å². The number of aromatic nitrogens is 4. The average molecular weight is 292 g/mol. The first kappa shape index (κ1) is 12.8. The van der Waals surface area contributed by atoms with Crippen molar-refractivity contribution in [1.82, 2.24) is 19.9 Å². The van der Waals surface area contributed by atoms with E-state index in [-0.39, 0.29) is 1.43 Å². The number of nitrogens with one attached hydrogen (secondary N) is 1. The Morgan fingerprint density at radius 3 is 3.09 bits per heavy atom. The maximum Gasteiger partial charge on any atom is 0.318 e. The lowest BCUT2D eigenvalue weighted by molar-refractivity contribution is 0.314. The lowest BCUT2D eigenvalue weighted by Gasteiger charge is -2.03. The van der Waals surface area contributed by atoms with Gasteiger partial charge in [-0.3, -0.25) is 4.98 Å². The van der Waals surface area contributed by atoms with Crippen LogP contribution in [0, 0.1) is 0 Å². The van der Waals surface area contributed by atoms with Crippen molar-refractivity contribution < 1.29 is 6.16 Å². The van der Waals surface area contributed by atoms with E-state index in [4.69, 9.17) is 4.74 Å². The van der Waals surface area contributed by atoms with Gasteiger partial charge in [0.25, 0.3) is 0 Å². The van der Waals surface area contributed by atoms with Crippen LogP contribution in [-0.4, -0.2) is 26.5 Å². The van der Waals surface area contributed by atoms with Gasteiger partial charge < -0.3 is 9.72 Å². The van der Waals surface area contributed by atoms with Crippen molar-refractivity contribution in [3.05, 3.63) is 48.9 Å². The largest absolute Gasteiger partial charge is 0.464 e. The number of pyridine rings is 1. The van der Waals surface area contributed by atoms with Crippen molar-refractivity contribution in [1.29, 1.82) is 0 Å². The molecule has 0 atom stereocenters. The first-order valence-corrected chi connectivity index (χ1v) is 7.17. The van der Waals surface area contributed by atoms with Crippen molar-refractivity contribution in [2.24, 2.45) is 0 Å². The molecular formula is C17H16N4O. The third-order valence-corrected chi connectivity index (χ3v) is 3.60. The topological polar surface area (TPSA) is 63.7 Å². The molecule has 1 aromatic carbocycles. The van der Waals surface area contributed by atoms with Crippen LogP contribution >= 0.6 is 0 Å². The number of rotatable bonds is 3. The summed E-state index contributed by atoms with van der Waals surface area (Å²) in [7, 11) is 0. The lowest BCUT2D eigenvalue weighted by Crippen LogP contribution is -1.96. The van der Waals surface area contributed by atoms with E-state index in [1.807, 2.05) is 25.3 Å². The Labute approximate surface area is 128 Å². The van der Waals surface area contributed by atoms with Gasteiger partial charge in [0.15, 0.2) is 0 Å². The van der Waals surface area contributed by atoms with Crippen LogP contribution in [0.2, 0.25) is 0 Å². The second-order valence-electron chi connectivity index (χ2n) is 4.96. The monoisotopic (exact) mass is 292 g/mol. The summed E-state index contributed by atoms with van der Waals surface area (Å²) in [6.45, 7) is 2.47. The Hall–Kier alpha value is -2.95. The van der Waals surface area contributed by atoms with Crippen molar-refractivity contribution in [3.63, 3.8) is 0 Å². The Morgan fingerprint density at radius 1 is 1.23 bits per heavy atom. The fraction of sp³-hybridized carbons (Fsp3) is 0.118. The predicted molar refractivity (Wildman–Crippen MR) is 87.9 cm³/mol. The SMILES string of the molecule is CCOc1ncc2c(-c3ccc4ncccc4c3)c[nH]c2n1.[HH]. The molecule has 4 aromatic rings. The van der Waals surface area contributed by atoms with Crippen LogP contribution in [0.1, 0.15) is 8.35 Å². The van der Waals surface area contributed by atoms with Crippen LogP contribution in [0.3, 0.4) is 0 Å². The van der Waals surface area contributed by atoms with Crippen molar-refractivity contribution >= 4 is 21.9 Å². The molecule has 0 spiro atoms. The first-order chi connectivity index (χ1) is 10.8. The summed E-state index contributed by atoms with van der Waals surface area (Å²) < 4.78 is 5.34. The highest BCUT2D eigenvalue weighted by Gasteiger charge is 2.10. The van der Waals surface area contributed by atoms with Crippen molar-refractivity contribution in [2.45, 2.75) is 6.92 Å². The highest BCUT2D eigenvalue weighted by atomic mass is 16.5. The highest BCUT2D eigenvalue weighted by Crippen LogP contribution is 2.29. The minimum absolute atomic E-state index is 0. The Kier molecular flexibility index (Phi) is 2.96. The zero-order valence-electron chi connectivity index (χ0n) is 12.1. The van der Waals surface area contributed by atoms with E-state index < -0.39 is 0 Å². The minimum Gasteiger partial charge on any atom is -0.464 e. The number of hydrogen-bond donors (Lipinski definition) is 1. The van der Waals surface area contributed by atoms with Gasteiger partial charge in [-0.15, -0.1) is 0 Å². The standard InChI is InChI=1S/C17H14N4O.H2/c1-2-22-17-20-10-14-13(9-19-16(14)21-17)11-5-6-15-12(8-11)4-3-7-18-15;/h3-10H,2H2,1H3,(H,19,20,21);1H. The summed E-state index contributed by atoms with van der Waals surface area (Å²) in [6, 6.07) is 10.6. The number of fused-ring (bicyclic) bond motifs is 2. The molecule has 0 fully saturated rings. The van der Waals surface area contributed by atoms with E-state index in [9.17, 15) is 0 Å². The summed E-state index contributed by atoms with van der Waals surface area (Å²) in [6.07, 6.45) is 5.55. The first-order valence-electron chi connectivity index (χ1n) is 7.17. The maximum atomic E-state index is 5.34. The fourth-order valence-corrected chi connectivity index (χ4v) is 2.57. The Bertz CT molecular complexity index is 967. The lowest BCUT2D eigenvalue weighted by atomic mass is 10.0. The fourth-order valence-electron chi connectivity index (χ4n) is 2.57.